The van der Waals surface area contributed by atoms with Gasteiger partial charge >= 0.3 is 0 Å². The average Bonchev–Trinajstić information content (AvgIpc) is 2.26. The van der Waals surface area contributed by atoms with Gasteiger partial charge in [0.25, 0.3) is 0 Å². The number of rotatable bonds is 2. The lowest BCUT2D eigenvalue weighted by Gasteiger charge is -2.00. The van der Waals surface area contributed by atoms with Crippen molar-refractivity contribution in [2.24, 2.45) is 5.11 Å². The highest BCUT2D eigenvalue weighted by Gasteiger charge is 1.97. The first-order chi connectivity index (χ1) is 7.27. The van der Waals surface area contributed by atoms with Crippen LogP contribution in [0.25, 0.3) is 10.4 Å². The molecule has 0 fully saturated rings. The van der Waals surface area contributed by atoms with Crippen LogP contribution in [-0.2, 0) is 0 Å². The summed E-state index contributed by atoms with van der Waals surface area (Å²) in [5, 5.41) is 3.31. The van der Waals surface area contributed by atoms with Crippen molar-refractivity contribution in [2.45, 2.75) is 6.92 Å². The predicted octanol–water partition coefficient (Wildman–Crippen LogP) is 2.06. The number of methoxy groups -OCH3 is 1. The number of hydrogen-bond donors (Lipinski definition) is 0. The Morgan fingerprint density at radius 2 is 2.40 bits per heavy atom. The highest BCUT2D eigenvalue weighted by Crippen LogP contribution is 2.10. The van der Waals surface area contributed by atoms with Gasteiger partial charge in [-0.2, -0.15) is 0 Å². The topological polar surface area (TPSA) is 70.9 Å². The quantitative estimate of drug-likeness (QED) is 0.318. The zero-order valence-corrected chi connectivity index (χ0v) is 8.56. The molecular weight excluding hydrogens is 192 g/mol. The maximum Gasteiger partial charge on any atom is 0.213 e. The zero-order valence-electron chi connectivity index (χ0n) is 8.56. The van der Waals surface area contributed by atoms with E-state index in [4.69, 9.17) is 10.3 Å². The average molecular weight is 202 g/mol. The number of aromatic nitrogens is 1. The van der Waals surface area contributed by atoms with E-state index >= 15 is 0 Å². The molecule has 0 aromatic carbocycles. The lowest BCUT2D eigenvalue weighted by Crippen LogP contribution is -1.92. The van der Waals surface area contributed by atoms with Gasteiger partial charge in [-0.15, -0.1) is 0 Å². The molecule has 1 heterocycles. The Balaban J connectivity index is 2.85. The predicted molar refractivity (Wildman–Crippen MR) is 56.4 cm³/mol. The first-order valence-electron chi connectivity index (χ1n) is 4.29. The van der Waals surface area contributed by atoms with Gasteiger partial charge in [-0.05, 0) is 18.5 Å². The Kier molecular flexibility index (Phi) is 4.02. The van der Waals surface area contributed by atoms with E-state index in [0.717, 1.165) is 11.3 Å². The number of nitrogens with zero attached hydrogens (tertiary/aromatic N) is 4. The van der Waals surface area contributed by atoms with Gasteiger partial charge in [0.2, 0.25) is 5.88 Å². The van der Waals surface area contributed by atoms with E-state index < -0.39 is 0 Å². The lowest BCUT2D eigenvalue weighted by atomic mass is 10.2. The van der Waals surface area contributed by atoms with Crippen LogP contribution in [0.15, 0.2) is 17.2 Å². The van der Waals surface area contributed by atoms with Crippen LogP contribution in [0.3, 0.4) is 0 Å². The van der Waals surface area contributed by atoms with E-state index in [2.05, 4.69) is 26.9 Å². The van der Waals surface area contributed by atoms with Gasteiger partial charge < -0.3 is 4.74 Å². The summed E-state index contributed by atoms with van der Waals surface area (Å²) in [5.41, 5.74) is 9.65. The SMILES string of the molecule is COc1ccc(C#CCN=[N+]=[N-])c(C)n1. The van der Waals surface area contributed by atoms with Crippen molar-refractivity contribution >= 4 is 0 Å². The molecule has 1 aromatic heterocycles. The van der Waals surface area contributed by atoms with Crippen LogP contribution in [0.5, 0.6) is 5.88 Å². The van der Waals surface area contributed by atoms with E-state index in [1.165, 1.54) is 0 Å². The summed E-state index contributed by atoms with van der Waals surface area (Å²) >= 11 is 0. The van der Waals surface area contributed by atoms with Crippen molar-refractivity contribution in [3.8, 4) is 17.7 Å². The van der Waals surface area contributed by atoms with Gasteiger partial charge in [0.1, 0.15) is 0 Å². The lowest BCUT2D eigenvalue weighted by molar-refractivity contribution is 0.397. The van der Waals surface area contributed by atoms with E-state index in [0.29, 0.717) is 5.88 Å². The largest absolute Gasteiger partial charge is 0.481 e. The van der Waals surface area contributed by atoms with Crippen molar-refractivity contribution in [3.05, 3.63) is 33.8 Å². The minimum absolute atomic E-state index is 0.169. The fourth-order valence-electron chi connectivity index (χ4n) is 0.986. The van der Waals surface area contributed by atoms with Crippen molar-refractivity contribution < 1.29 is 4.74 Å². The molecule has 1 aromatic rings. The van der Waals surface area contributed by atoms with Gasteiger partial charge in [-0.1, -0.05) is 17.0 Å². The summed E-state index contributed by atoms with van der Waals surface area (Å²) in [6.45, 7) is 2.02. The molecule has 76 valence electrons. The van der Waals surface area contributed by atoms with Crippen LogP contribution in [-0.4, -0.2) is 18.6 Å². The molecule has 5 nitrogen and oxygen atoms in total. The summed E-state index contributed by atoms with van der Waals surface area (Å²) in [5.74, 6) is 6.16. The van der Waals surface area contributed by atoms with Crippen LogP contribution in [0.2, 0.25) is 0 Å². The van der Waals surface area contributed by atoms with Crippen molar-refractivity contribution in [1.29, 1.82) is 0 Å². The molecule has 0 aliphatic heterocycles. The molecule has 0 saturated heterocycles. The molecule has 0 atom stereocenters. The van der Waals surface area contributed by atoms with Crippen LogP contribution in [0.4, 0.5) is 0 Å². The summed E-state index contributed by atoms with van der Waals surface area (Å²) in [7, 11) is 1.56. The molecule has 0 saturated carbocycles. The smallest absolute Gasteiger partial charge is 0.213 e. The Morgan fingerprint density at radius 3 is 3.00 bits per heavy atom. The molecule has 0 aliphatic rings. The third kappa shape index (κ3) is 3.22. The van der Waals surface area contributed by atoms with E-state index in [-0.39, 0.29) is 6.54 Å². The van der Waals surface area contributed by atoms with Gasteiger partial charge in [0, 0.05) is 16.5 Å². The molecular formula is C10H10N4O. The van der Waals surface area contributed by atoms with Gasteiger partial charge in [-0.3, -0.25) is 0 Å². The van der Waals surface area contributed by atoms with Gasteiger partial charge in [0.15, 0.2) is 0 Å². The highest BCUT2D eigenvalue weighted by molar-refractivity contribution is 5.39. The van der Waals surface area contributed by atoms with E-state index in [1.54, 1.807) is 13.2 Å². The third-order valence-corrected chi connectivity index (χ3v) is 1.71. The Morgan fingerprint density at radius 1 is 1.60 bits per heavy atom. The maximum absolute atomic E-state index is 8.05. The fraction of sp³-hybridized carbons (Fsp3) is 0.300. The number of hydrogen-bond acceptors (Lipinski definition) is 3. The second kappa shape index (κ2) is 5.53. The Labute approximate surface area is 87.7 Å². The number of azide groups is 1. The Bertz CT molecular complexity index is 452. The van der Waals surface area contributed by atoms with Crippen LogP contribution in [0, 0.1) is 18.8 Å². The number of ether oxygens (including phenoxy) is 1. The number of aryl methyl sites for hydroxylation is 1. The molecule has 0 spiro atoms. The van der Waals surface area contributed by atoms with Crippen molar-refractivity contribution in [1.82, 2.24) is 4.98 Å². The first-order valence-corrected chi connectivity index (χ1v) is 4.29. The molecule has 0 radical (unpaired) electrons. The molecule has 15 heavy (non-hydrogen) atoms. The second-order valence-corrected chi connectivity index (χ2v) is 2.68. The van der Waals surface area contributed by atoms with Crippen LogP contribution in [0.1, 0.15) is 11.3 Å². The van der Waals surface area contributed by atoms with E-state index in [1.807, 2.05) is 13.0 Å². The standard InChI is InChI=1S/C10H10N4O/c1-8-9(4-3-7-12-14-11)5-6-10(13-8)15-2/h5-6H,7H2,1-2H3. The number of pyridine rings is 1. The summed E-state index contributed by atoms with van der Waals surface area (Å²) < 4.78 is 4.97. The zero-order chi connectivity index (χ0) is 11.1. The summed E-state index contributed by atoms with van der Waals surface area (Å²) in [6.07, 6.45) is 0. The molecule has 0 unspecified atom stereocenters. The third-order valence-electron chi connectivity index (χ3n) is 1.71. The van der Waals surface area contributed by atoms with Gasteiger partial charge in [-0.25, -0.2) is 4.98 Å². The molecule has 0 bridgehead atoms. The Hall–Kier alpha value is -2.18. The first kappa shape index (κ1) is 10.9. The van der Waals surface area contributed by atoms with Crippen LogP contribution >= 0.6 is 0 Å². The van der Waals surface area contributed by atoms with Crippen LogP contribution < -0.4 is 4.74 Å². The van der Waals surface area contributed by atoms with Gasteiger partial charge in [0.05, 0.1) is 19.3 Å². The second-order valence-electron chi connectivity index (χ2n) is 2.68. The normalized spacial score (nSPS) is 8.40. The molecule has 0 aliphatic carbocycles. The molecule has 5 heteroatoms. The summed E-state index contributed by atoms with van der Waals surface area (Å²) in [4.78, 5) is 6.77. The van der Waals surface area contributed by atoms with Crippen molar-refractivity contribution in [3.63, 3.8) is 0 Å². The minimum Gasteiger partial charge on any atom is -0.481 e. The monoisotopic (exact) mass is 202 g/mol. The molecule has 1 rings (SSSR count). The van der Waals surface area contributed by atoms with E-state index in [9.17, 15) is 0 Å². The highest BCUT2D eigenvalue weighted by atomic mass is 16.5. The fourth-order valence-corrected chi connectivity index (χ4v) is 0.986. The molecule has 0 amide bonds. The summed E-state index contributed by atoms with van der Waals surface area (Å²) in [6, 6.07) is 3.56. The van der Waals surface area contributed by atoms with Crippen molar-refractivity contribution in [2.75, 3.05) is 13.7 Å². The molecule has 0 N–H and O–H groups in total. The minimum atomic E-state index is 0.169. The maximum atomic E-state index is 8.05.